The lowest BCUT2D eigenvalue weighted by atomic mass is 9.99. The Morgan fingerprint density at radius 2 is 2.04 bits per heavy atom. The van der Waals surface area contributed by atoms with Crippen LogP contribution in [-0.4, -0.2) is 64.9 Å². The number of anilines is 1. The number of carbonyl (C=O) groups is 1. The third-order valence-electron chi connectivity index (χ3n) is 5.62. The molecule has 0 aliphatic carbocycles. The largest absolute Gasteiger partial charge is 0.362 e. The number of likely N-dealkylation sites (tertiary alicyclic amines) is 1. The number of amides is 1. The van der Waals surface area contributed by atoms with E-state index in [9.17, 15) is 4.79 Å². The van der Waals surface area contributed by atoms with E-state index in [0.717, 1.165) is 62.7 Å². The predicted molar refractivity (Wildman–Crippen MR) is 108 cm³/mol. The van der Waals surface area contributed by atoms with Gasteiger partial charge in [0.2, 0.25) is 0 Å². The molecule has 7 nitrogen and oxygen atoms in total. The highest BCUT2D eigenvalue weighted by atomic mass is 16.2. The fourth-order valence-corrected chi connectivity index (χ4v) is 4.15. The summed E-state index contributed by atoms with van der Waals surface area (Å²) in [5, 5.41) is 0. The molecule has 0 aromatic carbocycles. The molecule has 1 unspecified atom stereocenters. The molecule has 4 heterocycles. The summed E-state index contributed by atoms with van der Waals surface area (Å²) in [5.74, 6) is 1.72. The second kappa shape index (κ2) is 7.83. The van der Waals surface area contributed by atoms with Crippen LogP contribution in [-0.2, 0) is 13.0 Å². The average Bonchev–Trinajstić information content (AvgIpc) is 2.73. The normalized spacial score (nSPS) is 20.0. The van der Waals surface area contributed by atoms with Gasteiger partial charge in [0, 0.05) is 51.9 Å². The smallest absolute Gasteiger partial charge is 0.273 e. The van der Waals surface area contributed by atoms with Crippen LogP contribution in [0, 0.1) is 0 Å². The van der Waals surface area contributed by atoms with Crippen molar-refractivity contribution >= 4 is 11.7 Å². The van der Waals surface area contributed by atoms with E-state index < -0.39 is 0 Å². The van der Waals surface area contributed by atoms with E-state index in [-0.39, 0.29) is 11.9 Å². The number of carbonyl (C=O) groups excluding carboxylic acids is 1. The van der Waals surface area contributed by atoms with Gasteiger partial charge in [0.25, 0.3) is 5.91 Å². The summed E-state index contributed by atoms with van der Waals surface area (Å²) in [6.07, 6.45) is 5.57. The van der Waals surface area contributed by atoms with Gasteiger partial charge in [-0.1, -0.05) is 6.07 Å². The van der Waals surface area contributed by atoms with Crippen molar-refractivity contribution < 1.29 is 4.79 Å². The van der Waals surface area contributed by atoms with Crippen LogP contribution in [0.3, 0.4) is 0 Å². The van der Waals surface area contributed by atoms with Crippen molar-refractivity contribution in [1.29, 1.82) is 0 Å². The van der Waals surface area contributed by atoms with Crippen LogP contribution in [0.4, 0.5) is 5.82 Å². The zero-order valence-corrected chi connectivity index (χ0v) is 16.9. The number of pyridine rings is 1. The van der Waals surface area contributed by atoms with E-state index in [1.54, 1.807) is 12.3 Å². The Hall–Kier alpha value is -2.54. The highest BCUT2D eigenvalue weighted by Gasteiger charge is 2.33. The minimum atomic E-state index is -0.0908. The van der Waals surface area contributed by atoms with Crippen LogP contribution in [0.25, 0.3) is 0 Å². The Morgan fingerprint density at radius 1 is 1.18 bits per heavy atom. The van der Waals surface area contributed by atoms with Gasteiger partial charge >= 0.3 is 0 Å². The summed E-state index contributed by atoms with van der Waals surface area (Å²) in [7, 11) is 6.18. The lowest BCUT2D eigenvalue weighted by Gasteiger charge is -2.36. The highest BCUT2D eigenvalue weighted by Crippen LogP contribution is 2.33. The van der Waals surface area contributed by atoms with Gasteiger partial charge in [-0.25, -0.2) is 9.97 Å². The molecular weight excluding hydrogens is 352 g/mol. The lowest BCUT2D eigenvalue weighted by molar-refractivity contribution is 0.0593. The minimum Gasteiger partial charge on any atom is -0.362 e. The van der Waals surface area contributed by atoms with Crippen LogP contribution in [0.1, 0.15) is 52.9 Å². The van der Waals surface area contributed by atoms with Crippen LogP contribution in [0.2, 0.25) is 0 Å². The van der Waals surface area contributed by atoms with E-state index >= 15 is 0 Å². The summed E-state index contributed by atoms with van der Waals surface area (Å²) in [5.41, 5.74) is 2.82. The third kappa shape index (κ3) is 3.58. The molecule has 7 heteroatoms. The maximum absolute atomic E-state index is 13.1. The van der Waals surface area contributed by atoms with Crippen molar-refractivity contribution in [3.63, 3.8) is 0 Å². The topological polar surface area (TPSA) is 65.5 Å². The molecule has 1 fully saturated rings. The van der Waals surface area contributed by atoms with Gasteiger partial charge in [0.15, 0.2) is 5.82 Å². The summed E-state index contributed by atoms with van der Waals surface area (Å²) in [6, 6.07) is 5.38. The van der Waals surface area contributed by atoms with E-state index in [0.29, 0.717) is 5.69 Å². The standard InChI is InChI=1S/C21H28N6O/c1-25(2)20-15-14-26(3)13-10-16(15)23-19(24-20)18-9-5-7-12-27(18)21(28)17-8-4-6-11-22-17/h4,6,8,11,18H,5,7,9-10,12-14H2,1-3H3. The Morgan fingerprint density at radius 3 is 2.79 bits per heavy atom. The summed E-state index contributed by atoms with van der Waals surface area (Å²) >= 11 is 0. The van der Waals surface area contributed by atoms with E-state index in [1.165, 1.54) is 5.56 Å². The molecule has 1 saturated heterocycles. The average molecular weight is 380 g/mol. The molecule has 1 atom stereocenters. The van der Waals surface area contributed by atoms with Gasteiger partial charge in [-0.05, 0) is 38.4 Å². The predicted octanol–water partition coefficient (Wildman–Crippen LogP) is 2.29. The first-order valence-corrected chi connectivity index (χ1v) is 10.0. The molecule has 0 spiro atoms. The second-order valence-corrected chi connectivity index (χ2v) is 7.94. The van der Waals surface area contributed by atoms with Crippen LogP contribution in [0.15, 0.2) is 24.4 Å². The zero-order chi connectivity index (χ0) is 19.7. The molecule has 1 amide bonds. The molecule has 2 aromatic rings. The first kappa shape index (κ1) is 18.8. The molecule has 0 N–H and O–H groups in total. The molecule has 4 rings (SSSR count). The fourth-order valence-electron chi connectivity index (χ4n) is 4.15. The fraction of sp³-hybridized carbons (Fsp3) is 0.524. The number of rotatable bonds is 3. The van der Waals surface area contributed by atoms with Gasteiger partial charge in [-0.15, -0.1) is 0 Å². The van der Waals surface area contributed by atoms with E-state index in [4.69, 9.17) is 9.97 Å². The Balaban J connectivity index is 1.72. The number of fused-ring (bicyclic) bond motifs is 1. The maximum Gasteiger partial charge on any atom is 0.273 e. The number of hydrogen-bond donors (Lipinski definition) is 0. The van der Waals surface area contributed by atoms with Gasteiger partial charge in [0.05, 0.1) is 11.7 Å². The van der Waals surface area contributed by atoms with Crippen molar-refractivity contribution in [3.05, 3.63) is 47.2 Å². The van der Waals surface area contributed by atoms with Gasteiger partial charge < -0.3 is 14.7 Å². The number of likely N-dealkylation sites (N-methyl/N-ethyl adjacent to an activating group) is 1. The maximum atomic E-state index is 13.1. The minimum absolute atomic E-state index is 0.0299. The molecule has 28 heavy (non-hydrogen) atoms. The molecule has 0 bridgehead atoms. The van der Waals surface area contributed by atoms with Crippen molar-refractivity contribution in [2.24, 2.45) is 0 Å². The van der Waals surface area contributed by atoms with Crippen molar-refractivity contribution in [2.45, 2.75) is 38.3 Å². The Bertz CT molecular complexity index is 853. The van der Waals surface area contributed by atoms with E-state index in [2.05, 4.69) is 21.8 Å². The molecule has 148 valence electrons. The molecule has 0 saturated carbocycles. The number of nitrogens with zero attached hydrogens (tertiary/aromatic N) is 6. The Kier molecular flexibility index (Phi) is 5.26. The summed E-state index contributed by atoms with van der Waals surface area (Å²) < 4.78 is 0. The van der Waals surface area contributed by atoms with Crippen molar-refractivity contribution in [3.8, 4) is 0 Å². The number of hydrogen-bond acceptors (Lipinski definition) is 6. The van der Waals surface area contributed by atoms with Gasteiger partial charge in [-0.2, -0.15) is 0 Å². The van der Waals surface area contributed by atoms with Crippen molar-refractivity contribution in [2.75, 3.05) is 39.1 Å². The highest BCUT2D eigenvalue weighted by molar-refractivity contribution is 5.92. The molecule has 2 aliphatic heterocycles. The monoisotopic (exact) mass is 380 g/mol. The van der Waals surface area contributed by atoms with Gasteiger partial charge in [0.1, 0.15) is 11.5 Å². The molecule has 2 aromatic heterocycles. The van der Waals surface area contributed by atoms with Crippen LogP contribution in [0.5, 0.6) is 0 Å². The number of aromatic nitrogens is 3. The SMILES string of the molecule is CN1CCc2nc(C3CCCCN3C(=O)c3ccccn3)nc(N(C)C)c2C1. The molecule has 0 radical (unpaired) electrons. The van der Waals surface area contributed by atoms with Crippen molar-refractivity contribution in [1.82, 2.24) is 24.8 Å². The summed E-state index contributed by atoms with van der Waals surface area (Å²) in [6.45, 7) is 2.59. The second-order valence-electron chi connectivity index (χ2n) is 7.94. The third-order valence-corrected chi connectivity index (χ3v) is 5.62. The van der Waals surface area contributed by atoms with Crippen LogP contribution >= 0.6 is 0 Å². The molecular formula is C21H28N6O. The van der Waals surface area contributed by atoms with Crippen LogP contribution < -0.4 is 4.90 Å². The first-order chi connectivity index (χ1) is 13.5. The first-order valence-electron chi connectivity index (χ1n) is 10.0. The zero-order valence-electron chi connectivity index (χ0n) is 16.9. The molecule has 2 aliphatic rings. The summed E-state index contributed by atoms with van der Waals surface area (Å²) in [4.78, 5) is 33.6. The Labute approximate surface area is 166 Å². The lowest BCUT2D eigenvalue weighted by Crippen LogP contribution is -2.40. The quantitative estimate of drug-likeness (QED) is 0.814. The van der Waals surface area contributed by atoms with Gasteiger partial charge in [-0.3, -0.25) is 9.78 Å². The number of piperidine rings is 1. The van der Waals surface area contributed by atoms with E-state index in [1.807, 2.05) is 31.1 Å².